The Morgan fingerprint density at radius 3 is 2.67 bits per heavy atom. The van der Waals surface area contributed by atoms with Crippen molar-refractivity contribution in [3.8, 4) is 5.75 Å². The highest BCUT2D eigenvalue weighted by Crippen LogP contribution is 2.35. The summed E-state index contributed by atoms with van der Waals surface area (Å²) in [5.41, 5.74) is 1.28. The zero-order valence-corrected chi connectivity index (χ0v) is 9.57. The van der Waals surface area contributed by atoms with Crippen LogP contribution in [0.15, 0.2) is 24.3 Å². The monoisotopic (exact) mass is 206 g/mol. The first-order chi connectivity index (χ1) is 7.22. The molecule has 3 unspecified atom stereocenters. The van der Waals surface area contributed by atoms with E-state index in [0.29, 0.717) is 18.1 Å². The first kappa shape index (κ1) is 10.5. The van der Waals surface area contributed by atoms with Gasteiger partial charge in [-0.3, -0.25) is 0 Å². The third-order valence-electron chi connectivity index (χ3n) is 3.09. The van der Waals surface area contributed by atoms with Gasteiger partial charge in [0, 0.05) is 0 Å². The lowest BCUT2D eigenvalue weighted by Gasteiger charge is -2.14. The Labute approximate surface area is 91.2 Å². The molecular weight excluding hydrogens is 188 g/mol. The summed E-state index contributed by atoms with van der Waals surface area (Å²) in [6.07, 6.45) is 1.98. The predicted molar refractivity (Wildman–Crippen MR) is 60.4 cm³/mol. The highest BCUT2D eigenvalue weighted by Gasteiger charge is 2.35. The van der Waals surface area contributed by atoms with Crippen LogP contribution in [-0.4, -0.2) is 19.3 Å². The summed E-state index contributed by atoms with van der Waals surface area (Å²) in [5, 5.41) is 0. The molecule has 0 amide bonds. The number of benzene rings is 1. The van der Waals surface area contributed by atoms with Crippen molar-refractivity contribution in [2.75, 3.05) is 7.11 Å². The summed E-state index contributed by atoms with van der Waals surface area (Å²) in [7, 11) is 1.72. The summed E-state index contributed by atoms with van der Waals surface area (Å²) < 4.78 is 10.8. The van der Waals surface area contributed by atoms with Gasteiger partial charge in [0.1, 0.15) is 5.75 Å². The number of hydrogen-bond acceptors (Lipinski definition) is 2. The molecule has 0 aromatic heterocycles. The number of epoxide rings is 1. The second-order valence-electron chi connectivity index (χ2n) is 4.26. The summed E-state index contributed by atoms with van der Waals surface area (Å²) >= 11 is 0. The largest absolute Gasteiger partial charge is 0.496 e. The average Bonchev–Trinajstić information content (AvgIpc) is 2.94. The molecule has 0 N–H and O–H groups in total. The molecular formula is C13H18O2. The fraction of sp³-hybridized carbons (Fsp3) is 0.538. The van der Waals surface area contributed by atoms with E-state index in [1.807, 2.05) is 12.1 Å². The van der Waals surface area contributed by atoms with Crippen LogP contribution in [-0.2, 0) is 4.74 Å². The van der Waals surface area contributed by atoms with Gasteiger partial charge in [-0.2, -0.15) is 0 Å². The van der Waals surface area contributed by atoms with Gasteiger partial charge >= 0.3 is 0 Å². The van der Waals surface area contributed by atoms with Crippen molar-refractivity contribution < 1.29 is 9.47 Å². The Balaban J connectivity index is 2.06. The first-order valence-electron chi connectivity index (χ1n) is 5.50. The number of hydrogen-bond donors (Lipinski definition) is 0. The molecule has 1 aromatic carbocycles. The molecule has 1 aliphatic heterocycles. The highest BCUT2D eigenvalue weighted by atomic mass is 16.6. The topological polar surface area (TPSA) is 21.8 Å². The van der Waals surface area contributed by atoms with E-state index in [4.69, 9.17) is 9.47 Å². The summed E-state index contributed by atoms with van der Waals surface area (Å²) in [4.78, 5) is 0. The zero-order valence-electron chi connectivity index (χ0n) is 9.57. The second-order valence-corrected chi connectivity index (χ2v) is 4.26. The summed E-state index contributed by atoms with van der Waals surface area (Å²) in [5.74, 6) is 1.48. The third kappa shape index (κ3) is 2.32. The van der Waals surface area contributed by atoms with Crippen LogP contribution in [0.2, 0.25) is 0 Å². The molecule has 1 aliphatic rings. The average molecular weight is 206 g/mol. The third-order valence-corrected chi connectivity index (χ3v) is 3.09. The minimum absolute atomic E-state index is 0.446. The number of para-hydroxylation sites is 1. The van der Waals surface area contributed by atoms with Crippen LogP contribution < -0.4 is 4.74 Å². The molecule has 1 heterocycles. The Bertz CT molecular complexity index is 335. The Hall–Kier alpha value is -1.02. The molecule has 0 radical (unpaired) electrons. The van der Waals surface area contributed by atoms with Crippen molar-refractivity contribution in [2.24, 2.45) is 0 Å². The van der Waals surface area contributed by atoms with Gasteiger partial charge in [0.25, 0.3) is 0 Å². The van der Waals surface area contributed by atoms with Crippen molar-refractivity contribution in [3.05, 3.63) is 29.8 Å². The molecule has 15 heavy (non-hydrogen) atoms. The van der Waals surface area contributed by atoms with Crippen LogP contribution in [0.1, 0.15) is 31.7 Å². The van der Waals surface area contributed by atoms with Gasteiger partial charge in [-0.1, -0.05) is 25.1 Å². The molecule has 0 bridgehead atoms. The van der Waals surface area contributed by atoms with E-state index in [0.717, 1.165) is 12.2 Å². The van der Waals surface area contributed by atoms with Crippen LogP contribution >= 0.6 is 0 Å². The molecule has 1 aromatic rings. The maximum atomic E-state index is 5.44. The van der Waals surface area contributed by atoms with E-state index in [1.54, 1.807) is 7.11 Å². The lowest BCUT2D eigenvalue weighted by atomic mass is 9.95. The van der Waals surface area contributed by atoms with Crippen molar-refractivity contribution in [2.45, 2.75) is 38.4 Å². The van der Waals surface area contributed by atoms with Gasteiger partial charge < -0.3 is 9.47 Å². The summed E-state index contributed by atoms with van der Waals surface area (Å²) in [6, 6.07) is 8.22. The van der Waals surface area contributed by atoms with Crippen LogP contribution in [0.25, 0.3) is 0 Å². The molecule has 2 heteroatoms. The van der Waals surface area contributed by atoms with Crippen LogP contribution in [0.4, 0.5) is 0 Å². The van der Waals surface area contributed by atoms with E-state index in [2.05, 4.69) is 26.0 Å². The van der Waals surface area contributed by atoms with Gasteiger partial charge in [-0.15, -0.1) is 0 Å². The SMILES string of the molecule is COc1ccccc1C(C)CC1OC1C. The van der Waals surface area contributed by atoms with E-state index >= 15 is 0 Å². The zero-order chi connectivity index (χ0) is 10.8. The quantitative estimate of drug-likeness (QED) is 0.706. The summed E-state index contributed by atoms with van der Waals surface area (Å²) in [6.45, 7) is 4.35. The maximum Gasteiger partial charge on any atom is 0.122 e. The molecule has 0 spiro atoms. The van der Waals surface area contributed by atoms with Crippen LogP contribution in [0, 0.1) is 0 Å². The Morgan fingerprint density at radius 1 is 1.40 bits per heavy atom. The minimum atomic E-state index is 0.446. The highest BCUT2D eigenvalue weighted by molar-refractivity contribution is 5.36. The van der Waals surface area contributed by atoms with Gasteiger partial charge in [-0.25, -0.2) is 0 Å². The van der Waals surface area contributed by atoms with Crippen molar-refractivity contribution in [3.63, 3.8) is 0 Å². The van der Waals surface area contributed by atoms with Crippen molar-refractivity contribution in [1.82, 2.24) is 0 Å². The van der Waals surface area contributed by atoms with Crippen molar-refractivity contribution >= 4 is 0 Å². The number of ether oxygens (including phenoxy) is 2. The normalized spacial score (nSPS) is 26.1. The molecule has 0 aliphatic carbocycles. The lowest BCUT2D eigenvalue weighted by Crippen LogP contribution is -2.02. The molecule has 1 fully saturated rings. The fourth-order valence-corrected chi connectivity index (χ4v) is 2.03. The number of methoxy groups -OCH3 is 1. The van der Waals surface area contributed by atoms with Gasteiger partial charge in [0.2, 0.25) is 0 Å². The molecule has 0 saturated carbocycles. The van der Waals surface area contributed by atoms with Crippen molar-refractivity contribution in [1.29, 1.82) is 0 Å². The van der Waals surface area contributed by atoms with Gasteiger partial charge in [0.05, 0.1) is 19.3 Å². The van der Waals surface area contributed by atoms with Gasteiger partial charge in [0.15, 0.2) is 0 Å². The minimum Gasteiger partial charge on any atom is -0.496 e. The van der Waals surface area contributed by atoms with E-state index < -0.39 is 0 Å². The molecule has 2 rings (SSSR count). The smallest absolute Gasteiger partial charge is 0.122 e. The Kier molecular flexibility index (Phi) is 2.96. The standard InChI is InChI=1S/C13H18O2/c1-9(8-13-10(2)15-13)11-6-4-5-7-12(11)14-3/h4-7,9-10,13H,8H2,1-3H3. The second kappa shape index (κ2) is 4.23. The molecule has 82 valence electrons. The number of rotatable bonds is 4. The lowest BCUT2D eigenvalue weighted by molar-refractivity contribution is 0.358. The maximum absolute atomic E-state index is 5.44. The molecule has 3 atom stereocenters. The predicted octanol–water partition coefficient (Wildman–Crippen LogP) is 2.98. The van der Waals surface area contributed by atoms with E-state index in [-0.39, 0.29) is 0 Å². The first-order valence-corrected chi connectivity index (χ1v) is 5.50. The Morgan fingerprint density at radius 2 is 2.07 bits per heavy atom. The van der Waals surface area contributed by atoms with E-state index in [1.165, 1.54) is 5.56 Å². The molecule has 1 saturated heterocycles. The van der Waals surface area contributed by atoms with Crippen LogP contribution in [0.3, 0.4) is 0 Å². The molecule has 2 nitrogen and oxygen atoms in total. The van der Waals surface area contributed by atoms with Crippen LogP contribution in [0.5, 0.6) is 5.75 Å². The fourth-order valence-electron chi connectivity index (χ4n) is 2.03. The van der Waals surface area contributed by atoms with E-state index in [9.17, 15) is 0 Å². The van der Waals surface area contributed by atoms with Gasteiger partial charge in [-0.05, 0) is 30.9 Å².